The van der Waals surface area contributed by atoms with Crippen LogP contribution in [0, 0.1) is 0 Å². The summed E-state index contributed by atoms with van der Waals surface area (Å²) in [6, 6.07) is 10.8. The first kappa shape index (κ1) is 32.8. The van der Waals surface area contributed by atoms with Crippen molar-refractivity contribution in [2.45, 2.75) is 71.8 Å². The second-order valence-electron chi connectivity index (χ2n) is 11.5. The zero-order chi connectivity index (χ0) is 31.1. The number of ether oxygens (including phenoxy) is 1. The van der Waals surface area contributed by atoms with Gasteiger partial charge in [0.05, 0.1) is 12.1 Å². The largest absolute Gasteiger partial charge is 0.444 e. The summed E-state index contributed by atoms with van der Waals surface area (Å²) in [6.45, 7) is 7.88. The van der Waals surface area contributed by atoms with E-state index >= 15 is 0 Å². The summed E-state index contributed by atoms with van der Waals surface area (Å²) < 4.78 is 46.5. The van der Waals surface area contributed by atoms with Crippen molar-refractivity contribution in [3.8, 4) is 0 Å². The van der Waals surface area contributed by atoms with Crippen molar-refractivity contribution in [1.29, 1.82) is 0 Å². The molecular weight excluding hydrogens is 549 g/mol. The lowest BCUT2D eigenvalue weighted by Crippen LogP contribution is -2.43. The molecular formula is C31H41F3N4O4. The highest BCUT2D eigenvalue weighted by Gasteiger charge is 2.34. The monoisotopic (exact) mass is 590 g/mol. The molecule has 8 nitrogen and oxygen atoms in total. The third kappa shape index (κ3) is 9.12. The smallest absolute Gasteiger partial charge is 0.416 e. The fraction of sp³-hybridized carbons (Fsp3) is 0.516. The van der Waals surface area contributed by atoms with E-state index < -0.39 is 29.3 Å². The summed E-state index contributed by atoms with van der Waals surface area (Å²) in [5, 5.41) is 3.17. The normalized spacial score (nSPS) is 13.3. The van der Waals surface area contributed by atoms with E-state index in [-0.39, 0.29) is 37.6 Å². The summed E-state index contributed by atoms with van der Waals surface area (Å²) >= 11 is 0. The van der Waals surface area contributed by atoms with E-state index in [4.69, 9.17) is 4.74 Å². The number of hydrogen-bond acceptors (Lipinski definition) is 5. The van der Waals surface area contributed by atoms with Crippen LogP contribution < -0.4 is 5.32 Å². The standard InChI is InChI=1S/C31H41F3N4O4/c1-6-10-27(39)37-16-15-24-22(20-37)12-9-14-26(24)35-19-28(40)38(18-17-36(5)29(41)42-30(2,3)4)21-23-11-7-8-13-25(23)31(32,33)34/h7-9,11-14,35H,6,10,15-21H2,1-5H3. The minimum Gasteiger partial charge on any atom is -0.444 e. The molecule has 3 amide bonds. The third-order valence-corrected chi connectivity index (χ3v) is 6.96. The molecule has 1 heterocycles. The van der Waals surface area contributed by atoms with Crippen LogP contribution in [0.25, 0.3) is 0 Å². The molecule has 1 aliphatic rings. The first-order chi connectivity index (χ1) is 19.7. The summed E-state index contributed by atoms with van der Waals surface area (Å²) in [6.07, 6.45) is -3.26. The molecule has 1 N–H and O–H groups in total. The first-order valence-corrected chi connectivity index (χ1v) is 14.2. The maximum absolute atomic E-state index is 13.7. The Morgan fingerprint density at radius 3 is 2.40 bits per heavy atom. The third-order valence-electron chi connectivity index (χ3n) is 6.96. The minimum atomic E-state index is -4.58. The Morgan fingerprint density at radius 2 is 1.74 bits per heavy atom. The maximum Gasteiger partial charge on any atom is 0.416 e. The predicted octanol–water partition coefficient (Wildman–Crippen LogP) is 5.70. The van der Waals surface area contributed by atoms with Crippen LogP contribution in [0.5, 0.6) is 0 Å². The fourth-order valence-electron chi connectivity index (χ4n) is 4.78. The van der Waals surface area contributed by atoms with Crippen molar-refractivity contribution in [1.82, 2.24) is 14.7 Å². The number of likely N-dealkylation sites (N-methyl/N-ethyl adjacent to an activating group) is 1. The Kier molecular flexibility index (Phi) is 10.9. The molecule has 1 aliphatic heterocycles. The zero-order valence-electron chi connectivity index (χ0n) is 25.0. The van der Waals surface area contributed by atoms with Gasteiger partial charge in [0.25, 0.3) is 0 Å². The molecule has 42 heavy (non-hydrogen) atoms. The number of rotatable bonds is 10. The van der Waals surface area contributed by atoms with Crippen molar-refractivity contribution in [2.75, 3.05) is 38.5 Å². The second-order valence-corrected chi connectivity index (χ2v) is 11.5. The molecule has 230 valence electrons. The Balaban J connectivity index is 1.76. The average molecular weight is 591 g/mol. The van der Waals surface area contributed by atoms with Crippen LogP contribution in [-0.4, -0.2) is 71.4 Å². The topological polar surface area (TPSA) is 82.2 Å². The number of hydrogen-bond donors (Lipinski definition) is 1. The van der Waals surface area contributed by atoms with Gasteiger partial charge in [0.15, 0.2) is 0 Å². The summed E-state index contributed by atoms with van der Waals surface area (Å²) in [4.78, 5) is 42.8. The number of alkyl halides is 3. The molecule has 0 saturated carbocycles. The summed E-state index contributed by atoms with van der Waals surface area (Å²) in [5.74, 6) is -0.305. The summed E-state index contributed by atoms with van der Waals surface area (Å²) in [7, 11) is 1.52. The minimum absolute atomic E-state index is 0.00381. The SMILES string of the molecule is CCCC(=O)N1CCc2c(cccc2NCC(=O)N(CCN(C)C(=O)OC(C)(C)C)Cc2ccccc2C(F)(F)F)C1. The van der Waals surface area contributed by atoms with Crippen LogP contribution in [0.3, 0.4) is 0 Å². The van der Waals surface area contributed by atoms with Gasteiger partial charge in [0.2, 0.25) is 11.8 Å². The van der Waals surface area contributed by atoms with Gasteiger partial charge in [-0.15, -0.1) is 0 Å². The molecule has 3 rings (SSSR count). The predicted molar refractivity (Wildman–Crippen MR) is 155 cm³/mol. The molecule has 0 aliphatic carbocycles. The van der Waals surface area contributed by atoms with Crippen LogP contribution in [0.4, 0.5) is 23.7 Å². The van der Waals surface area contributed by atoms with Gasteiger partial charge < -0.3 is 24.8 Å². The molecule has 2 aromatic rings. The van der Waals surface area contributed by atoms with Gasteiger partial charge in [0, 0.05) is 51.9 Å². The lowest BCUT2D eigenvalue weighted by molar-refractivity contribution is -0.139. The van der Waals surface area contributed by atoms with Crippen LogP contribution >= 0.6 is 0 Å². The quantitative estimate of drug-likeness (QED) is 0.384. The molecule has 0 saturated heterocycles. The Labute approximate surface area is 245 Å². The van der Waals surface area contributed by atoms with E-state index in [2.05, 4.69) is 5.32 Å². The molecule has 11 heteroatoms. The Hall–Kier alpha value is -3.76. The van der Waals surface area contributed by atoms with Gasteiger partial charge in [-0.1, -0.05) is 37.3 Å². The number of halogens is 3. The molecule has 0 fully saturated rings. The van der Waals surface area contributed by atoms with E-state index in [0.717, 1.165) is 29.3 Å². The number of carbonyl (C=O) groups excluding carboxylic acids is 3. The average Bonchev–Trinajstić information content (AvgIpc) is 2.92. The number of fused-ring (bicyclic) bond motifs is 1. The van der Waals surface area contributed by atoms with Gasteiger partial charge in [-0.2, -0.15) is 13.2 Å². The molecule has 0 bridgehead atoms. The van der Waals surface area contributed by atoms with Crippen molar-refractivity contribution in [2.24, 2.45) is 0 Å². The first-order valence-electron chi connectivity index (χ1n) is 14.2. The molecule has 0 unspecified atom stereocenters. The highest BCUT2D eigenvalue weighted by molar-refractivity contribution is 5.82. The van der Waals surface area contributed by atoms with Crippen molar-refractivity contribution in [3.63, 3.8) is 0 Å². The second kappa shape index (κ2) is 13.9. The number of nitrogens with one attached hydrogen (secondary N) is 1. The van der Waals surface area contributed by atoms with E-state index in [1.165, 1.54) is 35.0 Å². The molecule has 0 radical (unpaired) electrons. The van der Waals surface area contributed by atoms with Crippen LogP contribution in [0.15, 0.2) is 42.5 Å². The van der Waals surface area contributed by atoms with E-state index in [0.29, 0.717) is 25.9 Å². The lowest BCUT2D eigenvalue weighted by atomic mass is 9.97. The summed E-state index contributed by atoms with van der Waals surface area (Å²) in [5.41, 5.74) is 1.21. The van der Waals surface area contributed by atoms with Crippen LogP contribution in [-0.2, 0) is 40.0 Å². The van der Waals surface area contributed by atoms with Gasteiger partial charge in [-0.25, -0.2) is 4.79 Å². The van der Waals surface area contributed by atoms with E-state index in [1.807, 2.05) is 30.0 Å². The number of nitrogens with zero attached hydrogens (tertiary/aromatic N) is 3. The van der Waals surface area contributed by atoms with Crippen molar-refractivity contribution < 1.29 is 32.3 Å². The molecule has 0 spiro atoms. The van der Waals surface area contributed by atoms with E-state index in [9.17, 15) is 27.6 Å². The lowest BCUT2D eigenvalue weighted by Gasteiger charge is -2.31. The fourth-order valence-corrected chi connectivity index (χ4v) is 4.78. The van der Waals surface area contributed by atoms with Crippen molar-refractivity contribution >= 4 is 23.6 Å². The number of benzene rings is 2. The van der Waals surface area contributed by atoms with Gasteiger partial charge in [-0.3, -0.25) is 9.59 Å². The molecule has 0 aromatic heterocycles. The van der Waals surface area contributed by atoms with Crippen LogP contribution in [0.2, 0.25) is 0 Å². The Bertz CT molecular complexity index is 1260. The molecule has 0 atom stereocenters. The number of amides is 3. The highest BCUT2D eigenvalue weighted by atomic mass is 19.4. The number of anilines is 1. The van der Waals surface area contributed by atoms with Gasteiger partial charge >= 0.3 is 12.3 Å². The van der Waals surface area contributed by atoms with Gasteiger partial charge in [0.1, 0.15) is 5.60 Å². The van der Waals surface area contributed by atoms with Crippen molar-refractivity contribution in [3.05, 3.63) is 64.7 Å². The zero-order valence-corrected chi connectivity index (χ0v) is 25.0. The van der Waals surface area contributed by atoms with Crippen LogP contribution in [0.1, 0.15) is 62.8 Å². The Morgan fingerprint density at radius 1 is 1.02 bits per heavy atom. The number of carbonyl (C=O) groups is 3. The maximum atomic E-state index is 13.7. The van der Waals surface area contributed by atoms with Gasteiger partial charge in [-0.05, 0) is 62.4 Å². The van der Waals surface area contributed by atoms with E-state index in [1.54, 1.807) is 20.8 Å². The molecule has 2 aromatic carbocycles. The highest BCUT2D eigenvalue weighted by Crippen LogP contribution is 2.32.